The van der Waals surface area contributed by atoms with Gasteiger partial charge in [0.1, 0.15) is 6.04 Å². The fraction of sp³-hybridized carbons (Fsp3) is 0.500. The molecule has 0 aromatic carbocycles. The molecule has 1 aromatic rings. The second-order valence-corrected chi connectivity index (χ2v) is 5.41. The largest absolute Gasteiger partial charge is 0.481 e. The normalized spacial score (nSPS) is 14.9. The quantitative estimate of drug-likeness (QED) is 0.747. The Hall–Kier alpha value is -1.11. The van der Waals surface area contributed by atoms with Crippen LogP contribution in [0.15, 0.2) is 17.5 Å². The van der Waals surface area contributed by atoms with Gasteiger partial charge in [-0.15, -0.1) is 23.7 Å². The van der Waals surface area contributed by atoms with Crippen molar-refractivity contribution < 1.29 is 14.7 Å². The third-order valence-electron chi connectivity index (χ3n) is 3.08. The van der Waals surface area contributed by atoms with Crippen molar-refractivity contribution in [1.29, 1.82) is 0 Å². The molecule has 0 fully saturated rings. The predicted octanol–water partition coefficient (Wildman–Crippen LogP) is 1.79. The van der Waals surface area contributed by atoms with Gasteiger partial charge in [0, 0.05) is 11.4 Å². The summed E-state index contributed by atoms with van der Waals surface area (Å²) in [5, 5.41) is 13.5. The number of carbonyl (C=O) groups is 2. The highest BCUT2D eigenvalue weighted by molar-refractivity contribution is 7.10. The van der Waals surface area contributed by atoms with Crippen LogP contribution in [0.2, 0.25) is 0 Å². The zero-order valence-electron chi connectivity index (χ0n) is 10.9. The Morgan fingerprint density at radius 3 is 2.63 bits per heavy atom. The number of hydrogen-bond donors (Lipinski definition) is 3. The number of hydrogen-bond acceptors (Lipinski definition) is 4. The average Bonchev–Trinajstić information content (AvgIpc) is 2.88. The van der Waals surface area contributed by atoms with Crippen LogP contribution in [0.3, 0.4) is 0 Å². The summed E-state index contributed by atoms with van der Waals surface area (Å²) >= 11 is 1.40. The molecule has 4 N–H and O–H groups in total. The molecular formula is C12H19ClN2O3S. The Bertz CT molecular complexity index is 425. The van der Waals surface area contributed by atoms with E-state index in [2.05, 4.69) is 5.32 Å². The number of aliphatic carboxylic acids is 1. The molecule has 19 heavy (non-hydrogen) atoms. The molecule has 0 bridgehead atoms. The van der Waals surface area contributed by atoms with E-state index in [0.717, 1.165) is 4.88 Å². The smallest absolute Gasteiger partial charge is 0.311 e. The molecule has 1 amide bonds. The maximum atomic E-state index is 11.8. The summed E-state index contributed by atoms with van der Waals surface area (Å²) in [7, 11) is 0. The Morgan fingerprint density at radius 1 is 1.58 bits per heavy atom. The van der Waals surface area contributed by atoms with Crippen LogP contribution in [0.4, 0.5) is 0 Å². The van der Waals surface area contributed by atoms with Crippen LogP contribution >= 0.6 is 23.7 Å². The van der Waals surface area contributed by atoms with Gasteiger partial charge in [0.15, 0.2) is 0 Å². The maximum Gasteiger partial charge on any atom is 0.311 e. The van der Waals surface area contributed by atoms with Gasteiger partial charge in [-0.1, -0.05) is 13.0 Å². The molecule has 0 radical (unpaired) electrons. The van der Waals surface area contributed by atoms with E-state index < -0.39 is 17.4 Å². The van der Waals surface area contributed by atoms with Crippen molar-refractivity contribution in [2.24, 2.45) is 11.1 Å². The van der Waals surface area contributed by atoms with Crippen LogP contribution in [-0.2, 0) is 9.59 Å². The summed E-state index contributed by atoms with van der Waals surface area (Å²) in [5.74, 6) is -1.27. The van der Waals surface area contributed by atoms with Gasteiger partial charge in [-0.05, 0) is 24.8 Å². The SMILES string of the molecule is CCC(C)(CNC(=O)C(N)c1cccs1)C(=O)O.Cl. The van der Waals surface area contributed by atoms with E-state index in [1.54, 1.807) is 19.9 Å². The monoisotopic (exact) mass is 306 g/mol. The van der Waals surface area contributed by atoms with Crippen molar-refractivity contribution in [3.63, 3.8) is 0 Å². The van der Waals surface area contributed by atoms with Gasteiger partial charge in [0.2, 0.25) is 5.91 Å². The minimum Gasteiger partial charge on any atom is -0.481 e. The van der Waals surface area contributed by atoms with Gasteiger partial charge >= 0.3 is 5.97 Å². The second kappa shape index (κ2) is 7.47. The molecule has 0 aliphatic heterocycles. The van der Waals surface area contributed by atoms with E-state index in [4.69, 9.17) is 10.8 Å². The van der Waals surface area contributed by atoms with Gasteiger partial charge in [-0.25, -0.2) is 0 Å². The van der Waals surface area contributed by atoms with Crippen molar-refractivity contribution >= 4 is 35.6 Å². The van der Waals surface area contributed by atoms with Crippen LogP contribution < -0.4 is 11.1 Å². The fourth-order valence-corrected chi connectivity index (χ4v) is 2.07. The van der Waals surface area contributed by atoms with Crippen molar-refractivity contribution in [2.45, 2.75) is 26.3 Å². The lowest BCUT2D eigenvalue weighted by Gasteiger charge is -2.24. The van der Waals surface area contributed by atoms with E-state index >= 15 is 0 Å². The highest BCUT2D eigenvalue weighted by Crippen LogP contribution is 2.21. The number of halogens is 1. The predicted molar refractivity (Wildman–Crippen MR) is 77.5 cm³/mol. The topological polar surface area (TPSA) is 92.4 Å². The molecule has 108 valence electrons. The summed E-state index contributed by atoms with van der Waals surface area (Å²) in [6.45, 7) is 3.46. The fourth-order valence-electron chi connectivity index (χ4n) is 1.34. The number of carboxylic acid groups (broad SMARTS) is 1. The first kappa shape index (κ1) is 17.9. The molecule has 2 unspecified atom stereocenters. The Morgan fingerprint density at radius 2 is 2.21 bits per heavy atom. The standard InChI is InChI=1S/C12H18N2O3S.ClH/c1-3-12(2,11(16)17)7-14-10(15)9(13)8-5-4-6-18-8;/h4-6,9H,3,7,13H2,1-2H3,(H,14,15)(H,16,17);1H. The highest BCUT2D eigenvalue weighted by atomic mass is 35.5. The Kier molecular flexibility index (Phi) is 7.04. The summed E-state index contributed by atoms with van der Waals surface area (Å²) in [4.78, 5) is 23.7. The van der Waals surface area contributed by atoms with Gasteiger partial charge in [-0.3, -0.25) is 9.59 Å². The molecule has 1 aromatic heterocycles. The van der Waals surface area contributed by atoms with Crippen molar-refractivity contribution in [2.75, 3.05) is 6.54 Å². The van der Waals surface area contributed by atoms with Crippen LogP contribution in [0.1, 0.15) is 31.2 Å². The third-order valence-corrected chi connectivity index (χ3v) is 4.04. The third kappa shape index (κ3) is 4.49. The van der Waals surface area contributed by atoms with Crippen molar-refractivity contribution in [3.05, 3.63) is 22.4 Å². The molecule has 7 heteroatoms. The lowest BCUT2D eigenvalue weighted by atomic mass is 9.87. The van der Waals surface area contributed by atoms with Gasteiger partial charge in [0.25, 0.3) is 0 Å². The van der Waals surface area contributed by atoms with E-state index in [-0.39, 0.29) is 24.9 Å². The molecule has 0 spiro atoms. The number of carboxylic acids is 1. The van der Waals surface area contributed by atoms with E-state index in [0.29, 0.717) is 6.42 Å². The van der Waals surface area contributed by atoms with Crippen LogP contribution in [0.25, 0.3) is 0 Å². The number of nitrogens with two attached hydrogens (primary N) is 1. The van der Waals surface area contributed by atoms with Gasteiger partial charge < -0.3 is 16.2 Å². The molecular weight excluding hydrogens is 288 g/mol. The molecule has 1 rings (SSSR count). The minimum atomic E-state index is -0.954. The van der Waals surface area contributed by atoms with E-state index in [9.17, 15) is 9.59 Å². The van der Waals surface area contributed by atoms with Crippen molar-refractivity contribution in [1.82, 2.24) is 5.32 Å². The van der Waals surface area contributed by atoms with Crippen LogP contribution in [-0.4, -0.2) is 23.5 Å². The molecule has 1 heterocycles. The average molecular weight is 307 g/mol. The van der Waals surface area contributed by atoms with Crippen LogP contribution in [0.5, 0.6) is 0 Å². The van der Waals surface area contributed by atoms with E-state index in [1.165, 1.54) is 11.3 Å². The molecule has 5 nitrogen and oxygen atoms in total. The molecule has 2 atom stereocenters. The molecule has 0 aliphatic carbocycles. The second-order valence-electron chi connectivity index (χ2n) is 4.43. The summed E-state index contributed by atoms with van der Waals surface area (Å²) < 4.78 is 0. The number of nitrogens with one attached hydrogen (secondary N) is 1. The van der Waals surface area contributed by atoms with Crippen LogP contribution in [0, 0.1) is 5.41 Å². The lowest BCUT2D eigenvalue weighted by Crippen LogP contribution is -2.43. The lowest BCUT2D eigenvalue weighted by molar-refractivity contribution is -0.148. The summed E-state index contributed by atoms with van der Waals surface area (Å²) in [6, 6.07) is 2.87. The number of thiophene rings is 1. The zero-order valence-corrected chi connectivity index (χ0v) is 12.5. The highest BCUT2D eigenvalue weighted by Gasteiger charge is 2.32. The molecule has 0 saturated carbocycles. The first-order valence-electron chi connectivity index (χ1n) is 5.71. The zero-order chi connectivity index (χ0) is 13.8. The molecule has 0 saturated heterocycles. The van der Waals surface area contributed by atoms with Gasteiger partial charge in [-0.2, -0.15) is 0 Å². The Labute approximate surface area is 122 Å². The summed E-state index contributed by atoms with van der Waals surface area (Å²) in [5.41, 5.74) is 4.83. The van der Waals surface area contributed by atoms with E-state index in [1.807, 2.05) is 11.4 Å². The minimum absolute atomic E-state index is 0. The first-order chi connectivity index (χ1) is 8.40. The summed E-state index contributed by atoms with van der Waals surface area (Å²) in [6.07, 6.45) is 0.441. The Balaban J connectivity index is 0.00000324. The van der Waals surface area contributed by atoms with Gasteiger partial charge in [0.05, 0.1) is 5.41 Å². The molecule has 0 aliphatic rings. The number of amides is 1. The maximum absolute atomic E-state index is 11.8. The van der Waals surface area contributed by atoms with Crippen molar-refractivity contribution in [3.8, 4) is 0 Å². The number of rotatable bonds is 6. The number of carbonyl (C=O) groups excluding carboxylic acids is 1. The first-order valence-corrected chi connectivity index (χ1v) is 6.59.